The van der Waals surface area contributed by atoms with E-state index >= 15 is 0 Å². The van der Waals surface area contributed by atoms with Crippen molar-refractivity contribution in [2.75, 3.05) is 0 Å². The molecule has 2 rings (SSSR count). The minimum Gasteiger partial charge on any atom is -1.00 e. The van der Waals surface area contributed by atoms with Gasteiger partial charge >= 0.3 is 111 Å². The van der Waals surface area contributed by atoms with E-state index in [1.807, 2.05) is 0 Å². The van der Waals surface area contributed by atoms with Gasteiger partial charge in [-0.05, 0) is 0 Å². The van der Waals surface area contributed by atoms with E-state index in [0.717, 1.165) is 0 Å². The van der Waals surface area contributed by atoms with Gasteiger partial charge < -0.3 is 24.8 Å². The number of hydrogen-bond acceptors (Lipinski definition) is 0. The SMILES string of the molecule is [CH]1=[Bi][AsH][C]([Zr+2][C]2=C[CH]=[Bi][AsH]2)=C1.[Cl-].[Cl-]. The van der Waals surface area contributed by atoms with Crippen molar-refractivity contribution in [2.24, 2.45) is 0 Å². The molecular formula is C6H6As2Bi2Cl2Zr. The molecule has 0 aromatic heterocycles. The monoisotopic (exact) mass is 806 g/mol. The molecule has 2 aliphatic heterocycles. The van der Waals surface area contributed by atoms with Crippen molar-refractivity contribution in [3.8, 4) is 0 Å². The van der Waals surface area contributed by atoms with Gasteiger partial charge in [-0.3, -0.25) is 0 Å². The summed E-state index contributed by atoms with van der Waals surface area (Å²) in [6.07, 6.45) is 5.11. The molecule has 7 heteroatoms. The maximum Gasteiger partial charge on any atom is -1.00 e. The molecule has 0 nitrogen and oxygen atoms in total. The standard InChI is InChI=1S/2C3H3As.2Bi.2ClH.Zr/c2*1-2-3-4;;;;;/h2*1-2,4H;;;2*1H;/q2*-1;2*+1;;;+2/p-2. The zero-order valence-electron chi connectivity index (χ0n) is 6.46. The maximum atomic E-state index is 2.59. The molecule has 2 aliphatic rings. The molecule has 0 saturated heterocycles. The minimum atomic E-state index is -0.0478. The largest absolute Gasteiger partial charge is 1.00 e. The molecule has 0 radical (unpaired) electrons. The van der Waals surface area contributed by atoms with E-state index in [4.69, 9.17) is 0 Å². The third-order valence-electron chi connectivity index (χ3n) is 1.27. The van der Waals surface area contributed by atoms with E-state index in [-0.39, 0.29) is 88.4 Å². The summed E-state index contributed by atoms with van der Waals surface area (Å²) in [7, 11) is 0. The molecule has 2 unspecified atom stereocenters. The Labute approximate surface area is 133 Å². The molecule has 0 amide bonds. The molecule has 2 atom stereocenters. The summed E-state index contributed by atoms with van der Waals surface area (Å²) in [6.45, 7) is 0. The van der Waals surface area contributed by atoms with Gasteiger partial charge in [0.1, 0.15) is 0 Å². The first kappa shape index (κ1) is 16.6. The van der Waals surface area contributed by atoms with Gasteiger partial charge in [0.25, 0.3) is 0 Å². The zero-order valence-corrected chi connectivity index (χ0v) is 21.6. The second kappa shape index (κ2) is 9.58. The van der Waals surface area contributed by atoms with Crippen molar-refractivity contribution < 1.29 is 48.0 Å². The van der Waals surface area contributed by atoms with E-state index in [1.165, 1.54) is 0 Å². The Balaban J connectivity index is 0.000000720. The Hall–Kier alpha value is 3.57. The average molecular weight is 808 g/mol. The molecule has 0 fully saturated rings. The van der Waals surface area contributed by atoms with Crippen LogP contribution < -0.4 is 24.8 Å². The summed E-state index contributed by atoms with van der Waals surface area (Å²) in [5.74, 6) is 0. The fraction of sp³-hybridized carbons (Fsp3) is 0. The second-order valence-electron chi connectivity index (χ2n) is 2.07. The molecule has 0 aliphatic carbocycles. The molecule has 2 heterocycles. The van der Waals surface area contributed by atoms with E-state index < -0.39 is 0 Å². The molecule has 0 spiro atoms. The van der Waals surface area contributed by atoms with Gasteiger partial charge in [0, 0.05) is 0 Å². The van der Waals surface area contributed by atoms with Crippen LogP contribution in [0.25, 0.3) is 0 Å². The number of allylic oxidation sites excluding steroid dienone is 2. The van der Waals surface area contributed by atoms with Crippen LogP contribution in [-0.4, -0.2) is 71.6 Å². The van der Waals surface area contributed by atoms with Gasteiger partial charge in [0.15, 0.2) is 0 Å². The van der Waals surface area contributed by atoms with Crippen LogP contribution in [0, 0.1) is 0 Å². The van der Waals surface area contributed by atoms with Crippen LogP contribution >= 0.6 is 0 Å². The fourth-order valence-corrected chi connectivity index (χ4v) is 61.3. The Morgan fingerprint density at radius 3 is 1.69 bits per heavy atom. The van der Waals surface area contributed by atoms with Crippen LogP contribution in [0.4, 0.5) is 0 Å². The maximum absolute atomic E-state index is 2.59. The van der Waals surface area contributed by atoms with E-state index in [0.29, 0.717) is 23.8 Å². The zero-order chi connectivity index (χ0) is 7.52. The van der Waals surface area contributed by atoms with Crippen LogP contribution in [-0.2, 0) is 23.2 Å². The first-order chi connectivity index (χ1) is 5.45. The summed E-state index contributed by atoms with van der Waals surface area (Å²) in [4.78, 5) is 0. The minimum absolute atomic E-state index is 0. The van der Waals surface area contributed by atoms with Gasteiger partial charge in [0.05, 0.1) is 0 Å². The number of halogens is 2. The average Bonchev–Trinajstić information content (AvgIpc) is 2.60. The molecular weight excluding hydrogens is 802 g/mol. The summed E-state index contributed by atoms with van der Waals surface area (Å²) in [6, 6.07) is 0. The van der Waals surface area contributed by atoms with E-state index in [2.05, 4.69) is 23.7 Å². The van der Waals surface area contributed by atoms with Crippen LogP contribution in [0.5, 0.6) is 0 Å². The summed E-state index contributed by atoms with van der Waals surface area (Å²) in [5.41, 5.74) is 0. The molecule has 13 heavy (non-hydrogen) atoms. The molecule has 0 saturated carbocycles. The van der Waals surface area contributed by atoms with Gasteiger partial charge in [0.2, 0.25) is 0 Å². The van der Waals surface area contributed by atoms with Crippen molar-refractivity contribution in [3.05, 3.63) is 16.3 Å². The molecule has 0 aromatic rings. The molecule has 0 N–H and O–H groups in total. The van der Waals surface area contributed by atoms with Crippen molar-refractivity contribution >= 4 is 71.6 Å². The summed E-state index contributed by atoms with van der Waals surface area (Å²) < 4.78 is 9.32. The van der Waals surface area contributed by atoms with Gasteiger partial charge in [-0.1, -0.05) is 0 Å². The van der Waals surface area contributed by atoms with Crippen molar-refractivity contribution in [2.45, 2.75) is 0 Å². The van der Waals surface area contributed by atoms with E-state index in [1.54, 1.807) is 0 Å². The molecule has 0 aromatic carbocycles. The summed E-state index contributed by atoms with van der Waals surface area (Å²) >= 11 is 1.28. The van der Waals surface area contributed by atoms with Crippen molar-refractivity contribution in [1.29, 1.82) is 0 Å². The van der Waals surface area contributed by atoms with Gasteiger partial charge in [-0.25, -0.2) is 0 Å². The quantitative estimate of drug-likeness (QED) is 0.244. The first-order valence-electron chi connectivity index (χ1n) is 3.21. The van der Waals surface area contributed by atoms with Crippen molar-refractivity contribution in [1.82, 2.24) is 0 Å². The predicted molar refractivity (Wildman–Crippen MR) is 54.1 cm³/mol. The van der Waals surface area contributed by atoms with Gasteiger partial charge in [-0.15, -0.1) is 0 Å². The third-order valence-corrected chi connectivity index (χ3v) is 56.6. The molecule has 0 bridgehead atoms. The molecule has 68 valence electrons. The van der Waals surface area contributed by atoms with Crippen LogP contribution in [0.1, 0.15) is 0 Å². The fourth-order valence-electron chi connectivity index (χ4n) is 0.796. The Kier molecular flexibility index (Phi) is 12.2. The number of rotatable bonds is 2. The predicted octanol–water partition coefficient (Wildman–Crippen LogP) is -7.50. The Bertz CT molecular complexity index is 260. The van der Waals surface area contributed by atoms with Crippen LogP contribution in [0.2, 0.25) is 0 Å². The first-order valence-corrected chi connectivity index (χ1v) is 31.7. The van der Waals surface area contributed by atoms with Gasteiger partial charge in [-0.2, -0.15) is 0 Å². The van der Waals surface area contributed by atoms with E-state index in [9.17, 15) is 0 Å². The number of hydrogen-bond donors (Lipinski definition) is 0. The third kappa shape index (κ3) is 6.16. The smallest absolute Gasteiger partial charge is 1.00 e. The normalized spacial score (nSPS) is 20.6. The summed E-state index contributed by atoms with van der Waals surface area (Å²) in [5, 5.41) is 0. The topological polar surface area (TPSA) is 0 Å². The Morgan fingerprint density at radius 1 is 0.923 bits per heavy atom. The van der Waals surface area contributed by atoms with Crippen LogP contribution in [0.3, 0.4) is 0 Å². The van der Waals surface area contributed by atoms with Crippen LogP contribution in [0.15, 0.2) is 16.3 Å². The second-order valence-corrected chi connectivity index (χ2v) is 36.6. The van der Waals surface area contributed by atoms with Crippen molar-refractivity contribution in [3.63, 3.8) is 0 Å². The Morgan fingerprint density at radius 2 is 1.38 bits per heavy atom.